The third kappa shape index (κ3) is 6.16. The molecule has 0 fully saturated rings. The number of aliphatic hydroxyl groups excluding tert-OH is 1. The van der Waals surface area contributed by atoms with Crippen LogP contribution >= 0.6 is 11.3 Å². The molecule has 6 heteroatoms. The van der Waals surface area contributed by atoms with E-state index in [-0.39, 0.29) is 18.4 Å². The molecule has 1 aromatic rings. The van der Waals surface area contributed by atoms with E-state index >= 15 is 0 Å². The van der Waals surface area contributed by atoms with Gasteiger partial charge in [0.05, 0.1) is 4.88 Å². The fourth-order valence-electron chi connectivity index (χ4n) is 1.70. The summed E-state index contributed by atoms with van der Waals surface area (Å²) in [7, 11) is 0. The molecule has 1 atom stereocenters. The van der Waals surface area contributed by atoms with Crippen LogP contribution in [0.4, 0.5) is 0 Å². The number of rotatable bonds is 9. The summed E-state index contributed by atoms with van der Waals surface area (Å²) in [5.41, 5.74) is 0. The molecule has 2 amide bonds. The van der Waals surface area contributed by atoms with Gasteiger partial charge in [-0.15, -0.1) is 11.3 Å². The summed E-state index contributed by atoms with van der Waals surface area (Å²) in [4.78, 5) is 24.1. The lowest BCUT2D eigenvalue weighted by atomic mass is 10.2. The van der Waals surface area contributed by atoms with E-state index in [0.29, 0.717) is 11.4 Å². The highest BCUT2D eigenvalue weighted by Crippen LogP contribution is 2.08. The molecule has 0 saturated carbocycles. The predicted molar refractivity (Wildman–Crippen MR) is 79.8 cm³/mol. The Kier molecular flexibility index (Phi) is 7.91. The number of amides is 2. The highest BCUT2D eigenvalue weighted by molar-refractivity contribution is 7.12. The second kappa shape index (κ2) is 9.50. The molecule has 0 aromatic carbocycles. The summed E-state index contributed by atoms with van der Waals surface area (Å²) >= 11 is 1.35. The van der Waals surface area contributed by atoms with Gasteiger partial charge in [-0.2, -0.15) is 0 Å². The molecule has 1 heterocycles. The van der Waals surface area contributed by atoms with Crippen LogP contribution in [0.2, 0.25) is 0 Å². The molecule has 0 aliphatic rings. The summed E-state index contributed by atoms with van der Waals surface area (Å²) in [6.07, 6.45) is 3.65. The number of hydrogen-bond donors (Lipinski definition) is 3. The highest BCUT2D eigenvalue weighted by atomic mass is 32.1. The maximum Gasteiger partial charge on any atom is 0.261 e. The molecular weight excluding hydrogens is 276 g/mol. The van der Waals surface area contributed by atoms with Gasteiger partial charge in [0.2, 0.25) is 5.91 Å². The normalized spacial score (nSPS) is 11.9. The Hall–Kier alpha value is -1.40. The summed E-state index contributed by atoms with van der Waals surface area (Å²) in [6, 6.07) is 2.99. The Bertz CT molecular complexity index is 407. The largest absolute Gasteiger partial charge is 0.396 e. The van der Waals surface area contributed by atoms with Crippen LogP contribution in [0, 0.1) is 0 Å². The van der Waals surface area contributed by atoms with E-state index in [1.165, 1.54) is 11.3 Å². The van der Waals surface area contributed by atoms with Gasteiger partial charge in [-0.1, -0.05) is 18.9 Å². The third-order valence-electron chi connectivity index (χ3n) is 2.87. The molecular formula is C14H22N2O3S. The SMILES string of the molecule is CC(NC(=O)c1cccs1)C(=O)NCCCCCCO. The number of carbonyl (C=O) groups is 2. The zero-order valence-corrected chi connectivity index (χ0v) is 12.5. The van der Waals surface area contributed by atoms with Crippen LogP contribution in [-0.2, 0) is 4.79 Å². The van der Waals surface area contributed by atoms with Crippen LogP contribution in [0.3, 0.4) is 0 Å². The van der Waals surface area contributed by atoms with E-state index in [2.05, 4.69) is 10.6 Å². The maximum atomic E-state index is 11.8. The Morgan fingerprint density at radius 1 is 1.30 bits per heavy atom. The molecule has 1 unspecified atom stereocenters. The van der Waals surface area contributed by atoms with E-state index in [9.17, 15) is 9.59 Å². The van der Waals surface area contributed by atoms with Gasteiger partial charge in [-0.3, -0.25) is 9.59 Å². The van der Waals surface area contributed by atoms with Gasteiger partial charge in [0.1, 0.15) is 6.04 Å². The van der Waals surface area contributed by atoms with Crippen LogP contribution in [0.5, 0.6) is 0 Å². The molecule has 0 saturated heterocycles. The first-order valence-electron chi connectivity index (χ1n) is 6.88. The van der Waals surface area contributed by atoms with Gasteiger partial charge in [0.15, 0.2) is 0 Å². The summed E-state index contributed by atoms with van der Waals surface area (Å²) < 4.78 is 0. The number of hydrogen-bond acceptors (Lipinski definition) is 4. The quantitative estimate of drug-likeness (QED) is 0.605. The van der Waals surface area contributed by atoms with Gasteiger partial charge < -0.3 is 15.7 Å². The summed E-state index contributed by atoms with van der Waals surface area (Å²) in [5.74, 6) is -0.386. The van der Waals surface area contributed by atoms with Gasteiger partial charge in [0, 0.05) is 13.2 Å². The minimum Gasteiger partial charge on any atom is -0.396 e. The molecule has 3 N–H and O–H groups in total. The van der Waals surface area contributed by atoms with Crippen LogP contribution in [0.15, 0.2) is 17.5 Å². The van der Waals surface area contributed by atoms with Crippen molar-refractivity contribution in [3.63, 3.8) is 0 Å². The minimum absolute atomic E-state index is 0.169. The predicted octanol–water partition coefficient (Wildman–Crippen LogP) is 1.54. The van der Waals surface area contributed by atoms with Crippen molar-refractivity contribution < 1.29 is 14.7 Å². The number of aliphatic hydroxyl groups is 1. The van der Waals surface area contributed by atoms with Crippen molar-refractivity contribution >= 4 is 23.2 Å². The van der Waals surface area contributed by atoms with Gasteiger partial charge in [0.25, 0.3) is 5.91 Å². The molecule has 5 nitrogen and oxygen atoms in total. The third-order valence-corrected chi connectivity index (χ3v) is 3.74. The standard InChI is InChI=1S/C14H22N2O3S/c1-11(16-14(19)12-7-6-10-20-12)13(18)15-8-4-2-3-5-9-17/h6-7,10-11,17H,2-5,8-9H2,1H3,(H,15,18)(H,16,19). The summed E-state index contributed by atoms with van der Waals surface area (Å²) in [5, 5.41) is 15.9. The van der Waals surface area contributed by atoms with E-state index in [1.807, 2.05) is 5.38 Å². The second-order valence-electron chi connectivity index (χ2n) is 4.60. The number of carbonyl (C=O) groups excluding carboxylic acids is 2. The molecule has 1 rings (SSSR count). The number of thiophene rings is 1. The molecule has 0 aliphatic heterocycles. The molecule has 0 radical (unpaired) electrons. The van der Waals surface area contributed by atoms with Gasteiger partial charge in [-0.25, -0.2) is 0 Å². The molecule has 112 valence electrons. The topological polar surface area (TPSA) is 78.4 Å². The maximum absolute atomic E-state index is 11.8. The molecule has 0 spiro atoms. The van der Waals surface area contributed by atoms with Crippen molar-refractivity contribution in [2.45, 2.75) is 38.6 Å². The van der Waals surface area contributed by atoms with Crippen molar-refractivity contribution in [3.8, 4) is 0 Å². The average molecular weight is 298 g/mol. The van der Waals surface area contributed by atoms with Crippen molar-refractivity contribution in [1.29, 1.82) is 0 Å². The zero-order chi connectivity index (χ0) is 14.8. The minimum atomic E-state index is -0.540. The van der Waals surface area contributed by atoms with Crippen molar-refractivity contribution in [2.75, 3.05) is 13.2 Å². The van der Waals surface area contributed by atoms with E-state index in [1.54, 1.807) is 19.1 Å². The van der Waals surface area contributed by atoms with Crippen LogP contribution in [-0.4, -0.2) is 36.1 Å². The smallest absolute Gasteiger partial charge is 0.261 e. The number of nitrogens with one attached hydrogen (secondary N) is 2. The van der Waals surface area contributed by atoms with E-state index < -0.39 is 6.04 Å². The van der Waals surface area contributed by atoms with Crippen LogP contribution < -0.4 is 10.6 Å². The van der Waals surface area contributed by atoms with Crippen LogP contribution in [0.25, 0.3) is 0 Å². The lowest BCUT2D eigenvalue weighted by molar-refractivity contribution is -0.122. The molecule has 0 aliphatic carbocycles. The highest BCUT2D eigenvalue weighted by Gasteiger charge is 2.16. The first-order valence-corrected chi connectivity index (χ1v) is 7.76. The van der Waals surface area contributed by atoms with Crippen molar-refractivity contribution in [2.24, 2.45) is 0 Å². The summed E-state index contributed by atoms with van der Waals surface area (Å²) in [6.45, 7) is 2.49. The van der Waals surface area contributed by atoms with Crippen molar-refractivity contribution in [1.82, 2.24) is 10.6 Å². The Labute approximate surface area is 123 Å². The van der Waals surface area contributed by atoms with Crippen LogP contribution in [0.1, 0.15) is 42.3 Å². The van der Waals surface area contributed by atoms with E-state index in [4.69, 9.17) is 5.11 Å². The Morgan fingerprint density at radius 3 is 2.70 bits per heavy atom. The first-order chi connectivity index (χ1) is 9.65. The second-order valence-corrected chi connectivity index (χ2v) is 5.55. The molecule has 1 aromatic heterocycles. The zero-order valence-electron chi connectivity index (χ0n) is 11.7. The van der Waals surface area contributed by atoms with Crippen molar-refractivity contribution in [3.05, 3.63) is 22.4 Å². The Balaban J connectivity index is 2.17. The Morgan fingerprint density at radius 2 is 2.05 bits per heavy atom. The average Bonchev–Trinajstić information content (AvgIpc) is 2.96. The monoisotopic (exact) mass is 298 g/mol. The molecule has 20 heavy (non-hydrogen) atoms. The number of unbranched alkanes of at least 4 members (excludes halogenated alkanes) is 3. The lowest BCUT2D eigenvalue weighted by Gasteiger charge is -2.13. The lowest BCUT2D eigenvalue weighted by Crippen LogP contribution is -2.44. The first kappa shape index (κ1) is 16.7. The van der Waals surface area contributed by atoms with E-state index in [0.717, 1.165) is 25.7 Å². The molecule has 0 bridgehead atoms. The fraction of sp³-hybridized carbons (Fsp3) is 0.571. The fourth-order valence-corrected chi connectivity index (χ4v) is 2.32. The van der Waals surface area contributed by atoms with Gasteiger partial charge in [-0.05, 0) is 31.2 Å². The van der Waals surface area contributed by atoms with Gasteiger partial charge >= 0.3 is 0 Å².